The van der Waals surface area contributed by atoms with Crippen LogP contribution in [0.5, 0.6) is 11.5 Å². The van der Waals surface area contributed by atoms with Gasteiger partial charge in [0.05, 0.1) is 4.92 Å². The molecular weight excluding hydrogens is 420 g/mol. The molecule has 33 heavy (non-hydrogen) atoms. The molecule has 1 aliphatic heterocycles. The Morgan fingerprint density at radius 3 is 2.48 bits per heavy atom. The largest absolute Gasteiger partial charge is 0.457 e. The number of carbonyl (C=O) groups excluding carboxylic acids is 1. The van der Waals surface area contributed by atoms with Gasteiger partial charge in [-0.25, -0.2) is 0 Å². The lowest BCUT2D eigenvalue weighted by molar-refractivity contribution is -0.384. The monoisotopic (exact) mass is 446 g/mol. The number of methoxy groups -OCH3 is 1. The molecule has 0 unspecified atom stereocenters. The molecule has 0 saturated carbocycles. The van der Waals surface area contributed by atoms with Crippen molar-refractivity contribution in [2.24, 2.45) is 5.92 Å². The molecule has 1 aliphatic rings. The van der Waals surface area contributed by atoms with Crippen molar-refractivity contribution in [3.05, 3.63) is 82.4 Å². The van der Waals surface area contributed by atoms with E-state index in [-0.39, 0.29) is 10.6 Å². The molecule has 0 atom stereocenters. The van der Waals surface area contributed by atoms with Crippen LogP contribution in [0.25, 0.3) is 11.1 Å². The van der Waals surface area contributed by atoms with E-state index in [2.05, 4.69) is 0 Å². The average Bonchev–Trinajstić information content (AvgIpc) is 2.85. The summed E-state index contributed by atoms with van der Waals surface area (Å²) in [6, 6.07) is 19.7. The fourth-order valence-corrected chi connectivity index (χ4v) is 4.23. The van der Waals surface area contributed by atoms with Crippen LogP contribution in [-0.4, -0.2) is 38.0 Å². The van der Waals surface area contributed by atoms with E-state index in [1.807, 2.05) is 35.2 Å². The summed E-state index contributed by atoms with van der Waals surface area (Å²) in [5, 5.41) is 11.7. The Kier molecular flexibility index (Phi) is 7.00. The van der Waals surface area contributed by atoms with E-state index >= 15 is 0 Å². The van der Waals surface area contributed by atoms with Gasteiger partial charge in [0.2, 0.25) is 0 Å². The van der Waals surface area contributed by atoms with Crippen molar-refractivity contribution in [3.8, 4) is 22.6 Å². The second-order valence-electron chi connectivity index (χ2n) is 8.13. The third-order valence-electron chi connectivity index (χ3n) is 5.95. The second kappa shape index (κ2) is 10.3. The lowest BCUT2D eigenvalue weighted by atomic mass is 9.97. The van der Waals surface area contributed by atoms with E-state index in [0.717, 1.165) is 43.3 Å². The SMILES string of the molecule is COCC1CCN(c2cc(Oc3ccc(C=O)cc3-c3ccccc3)ccc2[N+](=O)[O-])CC1. The summed E-state index contributed by atoms with van der Waals surface area (Å²) < 4.78 is 11.5. The van der Waals surface area contributed by atoms with E-state index in [1.165, 1.54) is 6.07 Å². The Balaban J connectivity index is 1.65. The number of piperidine rings is 1. The quantitative estimate of drug-likeness (QED) is 0.250. The Morgan fingerprint density at radius 2 is 1.82 bits per heavy atom. The van der Waals surface area contributed by atoms with E-state index in [1.54, 1.807) is 37.4 Å². The molecule has 3 aromatic rings. The average molecular weight is 447 g/mol. The van der Waals surface area contributed by atoms with Crippen molar-refractivity contribution in [2.45, 2.75) is 12.8 Å². The zero-order valence-corrected chi connectivity index (χ0v) is 18.5. The van der Waals surface area contributed by atoms with Crippen LogP contribution in [-0.2, 0) is 4.74 Å². The van der Waals surface area contributed by atoms with Gasteiger partial charge in [-0.1, -0.05) is 30.3 Å². The fourth-order valence-electron chi connectivity index (χ4n) is 4.23. The summed E-state index contributed by atoms with van der Waals surface area (Å²) in [6.45, 7) is 2.15. The normalized spacial score (nSPS) is 14.2. The zero-order valence-electron chi connectivity index (χ0n) is 18.5. The summed E-state index contributed by atoms with van der Waals surface area (Å²) in [7, 11) is 1.70. The molecule has 7 heteroatoms. The highest BCUT2D eigenvalue weighted by Crippen LogP contribution is 2.39. The predicted molar refractivity (Wildman–Crippen MR) is 127 cm³/mol. The molecule has 4 rings (SSSR count). The van der Waals surface area contributed by atoms with Crippen molar-refractivity contribution in [2.75, 3.05) is 31.7 Å². The Hall–Kier alpha value is -3.71. The number of anilines is 1. The van der Waals surface area contributed by atoms with Crippen LogP contribution >= 0.6 is 0 Å². The van der Waals surface area contributed by atoms with Gasteiger partial charge < -0.3 is 14.4 Å². The van der Waals surface area contributed by atoms with E-state index in [0.29, 0.717) is 35.3 Å². The van der Waals surface area contributed by atoms with E-state index in [4.69, 9.17) is 9.47 Å². The number of benzene rings is 3. The first kappa shape index (κ1) is 22.5. The minimum Gasteiger partial charge on any atom is -0.457 e. The molecule has 0 bridgehead atoms. The maximum atomic E-state index is 11.7. The number of nitro groups is 1. The number of rotatable bonds is 8. The third kappa shape index (κ3) is 5.21. The first-order valence-electron chi connectivity index (χ1n) is 10.9. The van der Waals surface area contributed by atoms with E-state index < -0.39 is 0 Å². The maximum Gasteiger partial charge on any atom is 0.292 e. The van der Waals surface area contributed by atoms with Crippen LogP contribution in [0.2, 0.25) is 0 Å². The zero-order chi connectivity index (χ0) is 23.2. The standard InChI is InChI=1S/C26H26N2O5/c1-32-18-19-11-13-27(14-12-19)25-16-22(8-9-24(25)28(30)31)33-26-10-7-20(17-29)15-23(26)21-5-3-2-4-6-21/h2-10,15-17,19H,11-14,18H2,1H3. The molecule has 0 spiro atoms. The lowest BCUT2D eigenvalue weighted by Gasteiger charge is -2.33. The molecule has 0 N–H and O–H groups in total. The molecule has 7 nitrogen and oxygen atoms in total. The molecule has 170 valence electrons. The molecule has 0 aliphatic carbocycles. The van der Waals surface area contributed by atoms with Crippen molar-refractivity contribution in [1.82, 2.24) is 0 Å². The van der Waals surface area contributed by atoms with Gasteiger partial charge in [-0.15, -0.1) is 0 Å². The molecule has 1 saturated heterocycles. The summed E-state index contributed by atoms with van der Waals surface area (Å²) in [4.78, 5) is 24.7. The van der Waals surface area contributed by atoms with Gasteiger partial charge in [-0.05, 0) is 48.6 Å². The highest BCUT2D eigenvalue weighted by molar-refractivity contribution is 5.82. The minimum absolute atomic E-state index is 0.0622. The number of nitrogens with zero attached hydrogens (tertiary/aromatic N) is 2. The predicted octanol–water partition coefficient (Wildman–Crippen LogP) is 5.73. The summed E-state index contributed by atoms with van der Waals surface area (Å²) in [5.41, 5.74) is 2.86. The topological polar surface area (TPSA) is 81.9 Å². The van der Waals surface area contributed by atoms with E-state index in [9.17, 15) is 14.9 Å². The Bertz CT molecular complexity index is 1120. The van der Waals surface area contributed by atoms with Gasteiger partial charge in [-0.2, -0.15) is 0 Å². The fraction of sp³-hybridized carbons (Fsp3) is 0.269. The van der Waals surface area contributed by atoms with Gasteiger partial charge in [0, 0.05) is 50.1 Å². The smallest absolute Gasteiger partial charge is 0.292 e. The van der Waals surface area contributed by atoms with Gasteiger partial charge in [-0.3, -0.25) is 14.9 Å². The summed E-state index contributed by atoms with van der Waals surface area (Å²) in [5.74, 6) is 1.55. The molecule has 0 amide bonds. The number of ether oxygens (including phenoxy) is 2. The van der Waals surface area contributed by atoms with Crippen molar-refractivity contribution in [1.29, 1.82) is 0 Å². The minimum atomic E-state index is -0.353. The van der Waals surface area contributed by atoms with Crippen LogP contribution in [0.3, 0.4) is 0 Å². The summed E-state index contributed by atoms with van der Waals surface area (Å²) in [6.07, 6.45) is 2.64. The highest BCUT2D eigenvalue weighted by Gasteiger charge is 2.25. The first-order chi connectivity index (χ1) is 16.1. The van der Waals surface area contributed by atoms with Crippen LogP contribution in [0.15, 0.2) is 66.7 Å². The van der Waals surface area contributed by atoms with Crippen molar-refractivity contribution >= 4 is 17.7 Å². The highest BCUT2D eigenvalue weighted by atomic mass is 16.6. The van der Waals surface area contributed by atoms with Gasteiger partial charge in [0.15, 0.2) is 0 Å². The Morgan fingerprint density at radius 1 is 1.06 bits per heavy atom. The van der Waals surface area contributed by atoms with Crippen molar-refractivity contribution in [3.63, 3.8) is 0 Å². The molecule has 0 radical (unpaired) electrons. The van der Waals surface area contributed by atoms with Crippen LogP contribution in [0.1, 0.15) is 23.2 Å². The molecule has 3 aromatic carbocycles. The number of carbonyl (C=O) groups is 1. The number of nitro benzene ring substituents is 1. The maximum absolute atomic E-state index is 11.7. The first-order valence-corrected chi connectivity index (χ1v) is 10.9. The number of hydrogen-bond acceptors (Lipinski definition) is 6. The van der Waals surface area contributed by atoms with Gasteiger partial charge in [0.25, 0.3) is 5.69 Å². The third-order valence-corrected chi connectivity index (χ3v) is 5.95. The van der Waals surface area contributed by atoms with Crippen LogP contribution < -0.4 is 9.64 Å². The summed E-state index contributed by atoms with van der Waals surface area (Å²) >= 11 is 0. The molecule has 1 heterocycles. The van der Waals surface area contributed by atoms with Crippen molar-refractivity contribution < 1.29 is 19.2 Å². The number of aldehydes is 1. The van der Waals surface area contributed by atoms with Gasteiger partial charge >= 0.3 is 0 Å². The lowest BCUT2D eigenvalue weighted by Crippen LogP contribution is -2.35. The van der Waals surface area contributed by atoms with Gasteiger partial charge in [0.1, 0.15) is 23.5 Å². The molecule has 1 fully saturated rings. The molecular formula is C26H26N2O5. The molecule has 0 aromatic heterocycles. The van der Waals surface area contributed by atoms with Crippen LogP contribution in [0.4, 0.5) is 11.4 Å². The second-order valence-corrected chi connectivity index (χ2v) is 8.13. The number of hydrogen-bond donors (Lipinski definition) is 0. The Labute approximate surface area is 192 Å². The van der Waals surface area contributed by atoms with Crippen LogP contribution in [0, 0.1) is 16.0 Å².